The van der Waals surface area contributed by atoms with Crippen molar-refractivity contribution in [3.05, 3.63) is 75.2 Å². The standard InChI is InChI=1S/C17H14N4O2S/c1-12-4-2-3-5-14(12)10-18-20-17-19-16(11-24-17)13-6-8-15(9-7-13)21(22)23/h2-11H,1H3,(H,19,20)/b18-10+. The van der Waals surface area contributed by atoms with Gasteiger partial charge in [-0.25, -0.2) is 4.98 Å². The monoisotopic (exact) mass is 338 g/mol. The first-order chi connectivity index (χ1) is 11.6. The Hall–Kier alpha value is -3.06. The molecule has 0 aliphatic carbocycles. The van der Waals surface area contributed by atoms with Crippen LogP contribution >= 0.6 is 11.3 Å². The molecule has 0 aliphatic heterocycles. The van der Waals surface area contributed by atoms with E-state index in [1.54, 1.807) is 18.3 Å². The van der Waals surface area contributed by atoms with Crippen LogP contribution in [0.5, 0.6) is 0 Å². The summed E-state index contributed by atoms with van der Waals surface area (Å²) in [5.74, 6) is 0. The molecule has 1 heterocycles. The molecule has 0 spiro atoms. The van der Waals surface area contributed by atoms with Crippen LogP contribution in [0.2, 0.25) is 0 Å². The summed E-state index contributed by atoms with van der Waals surface area (Å²) in [6.45, 7) is 2.03. The van der Waals surface area contributed by atoms with Gasteiger partial charge in [0.15, 0.2) is 0 Å². The van der Waals surface area contributed by atoms with Crippen LogP contribution in [0.1, 0.15) is 11.1 Å². The molecule has 3 rings (SSSR count). The van der Waals surface area contributed by atoms with Crippen LogP contribution in [0, 0.1) is 17.0 Å². The van der Waals surface area contributed by atoms with E-state index < -0.39 is 4.92 Å². The number of aromatic nitrogens is 1. The lowest BCUT2D eigenvalue weighted by Crippen LogP contribution is -1.92. The topological polar surface area (TPSA) is 80.4 Å². The summed E-state index contributed by atoms with van der Waals surface area (Å²) in [6, 6.07) is 14.3. The number of nitro benzene ring substituents is 1. The first-order valence-corrected chi connectivity index (χ1v) is 8.06. The number of aryl methyl sites for hydroxylation is 1. The summed E-state index contributed by atoms with van der Waals surface area (Å²) < 4.78 is 0. The first-order valence-electron chi connectivity index (χ1n) is 7.18. The second-order valence-corrected chi connectivity index (χ2v) is 5.93. The van der Waals surface area contributed by atoms with Crippen LogP contribution in [0.3, 0.4) is 0 Å². The zero-order valence-electron chi connectivity index (χ0n) is 12.8. The van der Waals surface area contributed by atoms with Gasteiger partial charge in [-0.15, -0.1) is 11.3 Å². The predicted molar refractivity (Wildman–Crippen MR) is 96.6 cm³/mol. The minimum absolute atomic E-state index is 0.0650. The van der Waals surface area contributed by atoms with Gasteiger partial charge in [0.2, 0.25) is 5.13 Å². The van der Waals surface area contributed by atoms with E-state index in [-0.39, 0.29) is 5.69 Å². The molecular formula is C17H14N4O2S. The Morgan fingerprint density at radius 1 is 1.21 bits per heavy atom. The number of anilines is 1. The fourth-order valence-corrected chi connectivity index (χ4v) is 2.77. The summed E-state index contributed by atoms with van der Waals surface area (Å²) >= 11 is 1.42. The van der Waals surface area contributed by atoms with E-state index in [0.717, 1.165) is 22.4 Å². The first kappa shape index (κ1) is 15.8. The van der Waals surface area contributed by atoms with E-state index in [1.165, 1.54) is 23.5 Å². The number of hydrazone groups is 1. The summed E-state index contributed by atoms with van der Waals surface area (Å²) in [4.78, 5) is 14.7. The highest BCUT2D eigenvalue weighted by Crippen LogP contribution is 2.26. The quantitative estimate of drug-likeness (QED) is 0.423. The SMILES string of the molecule is Cc1ccccc1/C=N/Nc1nc(-c2ccc([N+](=O)[O-])cc2)cs1. The fourth-order valence-electron chi connectivity index (χ4n) is 2.10. The van der Waals surface area contributed by atoms with Gasteiger partial charge < -0.3 is 0 Å². The van der Waals surface area contributed by atoms with E-state index >= 15 is 0 Å². The van der Waals surface area contributed by atoms with Gasteiger partial charge in [0, 0.05) is 23.1 Å². The van der Waals surface area contributed by atoms with Gasteiger partial charge in [-0.1, -0.05) is 24.3 Å². The third-order valence-corrected chi connectivity index (χ3v) is 4.18. The molecule has 0 saturated heterocycles. The molecule has 0 saturated carbocycles. The fraction of sp³-hybridized carbons (Fsp3) is 0.0588. The van der Waals surface area contributed by atoms with Gasteiger partial charge in [0.05, 0.1) is 16.8 Å². The van der Waals surface area contributed by atoms with Gasteiger partial charge in [-0.3, -0.25) is 15.5 Å². The Morgan fingerprint density at radius 2 is 1.96 bits per heavy atom. The van der Waals surface area contributed by atoms with E-state index in [2.05, 4.69) is 15.5 Å². The van der Waals surface area contributed by atoms with Gasteiger partial charge in [-0.2, -0.15) is 5.10 Å². The van der Waals surface area contributed by atoms with Crippen molar-refractivity contribution >= 4 is 28.4 Å². The lowest BCUT2D eigenvalue weighted by atomic mass is 10.1. The third kappa shape index (κ3) is 3.64. The average Bonchev–Trinajstić information content (AvgIpc) is 3.05. The Labute approximate surface area is 142 Å². The number of non-ortho nitro benzene ring substituents is 1. The molecule has 0 radical (unpaired) electrons. The molecule has 2 aromatic carbocycles. The Kier molecular flexibility index (Phi) is 4.62. The normalized spacial score (nSPS) is 10.9. The zero-order chi connectivity index (χ0) is 16.9. The molecule has 0 bridgehead atoms. The highest BCUT2D eigenvalue weighted by Gasteiger charge is 2.08. The molecule has 24 heavy (non-hydrogen) atoms. The van der Waals surface area contributed by atoms with Crippen LogP contribution < -0.4 is 5.43 Å². The molecule has 1 N–H and O–H groups in total. The number of thiazole rings is 1. The number of hydrogen-bond acceptors (Lipinski definition) is 6. The van der Waals surface area contributed by atoms with Crippen molar-refractivity contribution in [1.82, 2.24) is 4.98 Å². The lowest BCUT2D eigenvalue weighted by Gasteiger charge is -1.98. The maximum atomic E-state index is 10.7. The van der Waals surface area contributed by atoms with Crippen molar-refractivity contribution < 1.29 is 4.92 Å². The van der Waals surface area contributed by atoms with Crippen molar-refractivity contribution in [1.29, 1.82) is 0 Å². The number of nitrogens with one attached hydrogen (secondary N) is 1. The Bertz CT molecular complexity index is 888. The van der Waals surface area contributed by atoms with Crippen molar-refractivity contribution in [3.63, 3.8) is 0 Å². The molecule has 1 aromatic heterocycles. The number of hydrogen-bond donors (Lipinski definition) is 1. The molecule has 7 heteroatoms. The average molecular weight is 338 g/mol. The Balaban J connectivity index is 1.69. The summed E-state index contributed by atoms with van der Waals surface area (Å²) in [5, 5.41) is 17.4. The van der Waals surface area contributed by atoms with Crippen molar-refractivity contribution in [2.75, 3.05) is 5.43 Å². The Morgan fingerprint density at radius 3 is 2.67 bits per heavy atom. The van der Waals surface area contributed by atoms with Crippen LogP contribution in [0.4, 0.5) is 10.8 Å². The van der Waals surface area contributed by atoms with Gasteiger partial charge >= 0.3 is 0 Å². The molecule has 6 nitrogen and oxygen atoms in total. The maximum absolute atomic E-state index is 10.7. The molecule has 0 aliphatic rings. The van der Waals surface area contributed by atoms with E-state index in [1.807, 2.05) is 36.6 Å². The molecular weight excluding hydrogens is 324 g/mol. The minimum Gasteiger partial charge on any atom is -0.258 e. The van der Waals surface area contributed by atoms with Crippen LogP contribution in [0.25, 0.3) is 11.3 Å². The van der Waals surface area contributed by atoms with Gasteiger partial charge in [0.1, 0.15) is 0 Å². The summed E-state index contributed by atoms with van der Waals surface area (Å²) in [7, 11) is 0. The minimum atomic E-state index is -0.419. The predicted octanol–water partition coefficient (Wildman–Crippen LogP) is 4.47. The molecule has 0 fully saturated rings. The van der Waals surface area contributed by atoms with Crippen molar-refractivity contribution in [3.8, 4) is 11.3 Å². The number of nitrogens with zero attached hydrogens (tertiary/aromatic N) is 3. The highest BCUT2D eigenvalue weighted by molar-refractivity contribution is 7.14. The van der Waals surface area contributed by atoms with Crippen LogP contribution in [-0.4, -0.2) is 16.1 Å². The van der Waals surface area contributed by atoms with Gasteiger partial charge in [-0.05, 0) is 30.2 Å². The van der Waals surface area contributed by atoms with Crippen molar-refractivity contribution in [2.24, 2.45) is 5.10 Å². The van der Waals surface area contributed by atoms with Crippen LogP contribution in [0.15, 0.2) is 59.0 Å². The third-order valence-electron chi connectivity index (χ3n) is 3.43. The highest BCUT2D eigenvalue weighted by atomic mass is 32.1. The molecule has 3 aromatic rings. The molecule has 0 amide bonds. The number of rotatable bonds is 5. The van der Waals surface area contributed by atoms with Gasteiger partial charge in [0.25, 0.3) is 5.69 Å². The number of nitro groups is 1. The van der Waals surface area contributed by atoms with Crippen molar-refractivity contribution in [2.45, 2.75) is 6.92 Å². The van der Waals surface area contributed by atoms with Crippen LogP contribution in [-0.2, 0) is 0 Å². The molecule has 0 unspecified atom stereocenters. The van der Waals surface area contributed by atoms with E-state index in [4.69, 9.17) is 0 Å². The summed E-state index contributed by atoms with van der Waals surface area (Å²) in [6.07, 6.45) is 1.75. The number of benzene rings is 2. The molecule has 120 valence electrons. The van der Waals surface area contributed by atoms with E-state index in [0.29, 0.717) is 5.13 Å². The summed E-state index contributed by atoms with van der Waals surface area (Å²) in [5.41, 5.74) is 6.74. The molecule has 0 atom stereocenters. The second-order valence-electron chi connectivity index (χ2n) is 5.07. The maximum Gasteiger partial charge on any atom is 0.269 e. The smallest absolute Gasteiger partial charge is 0.258 e. The van der Waals surface area contributed by atoms with E-state index in [9.17, 15) is 10.1 Å². The largest absolute Gasteiger partial charge is 0.269 e. The zero-order valence-corrected chi connectivity index (χ0v) is 13.7. The second kappa shape index (κ2) is 7.01. The lowest BCUT2D eigenvalue weighted by molar-refractivity contribution is -0.384.